The molecule has 1 radical (unpaired) electrons. The first kappa shape index (κ1) is 24.0. The van der Waals surface area contributed by atoms with Crippen LogP contribution in [0.4, 0.5) is 5.69 Å². The highest BCUT2D eigenvalue weighted by molar-refractivity contribution is 7.87. The number of amides is 1. The van der Waals surface area contributed by atoms with Crippen LogP contribution in [0.1, 0.15) is 55.9 Å². The SMILES string of the molecule is CCc1csc(C(Cc2[c]cc(NS(=O)(=O)O)cc2)NC(=O)CCC(=O)C(C)C)n1. The Bertz CT molecular complexity index is 969. The normalized spacial score (nSPS) is 12.6. The van der Waals surface area contributed by atoms with Gasteiger partial charge >= 0.3 is 10.3 Å². The number of nitrogens with one attached hydrogen (secondary N) is 2. The van der Waals surface area contributed by atoms with Gasteiger partial charge in [-0.15, -0.1) is 11.3 Å². The highest BCUT2D eigenvalue weighted by atomic mass is 32.2. The molecule has 2 aromatic rings. The molecule has 0 fully saturated rings. The molecule has 0 aliphatic rings. The Labute approximate surface area is 181 Å². The van der Waals surface area contributed by atoms with Gasteiger partial charge in [-0.1, -0.05) is 26.8 Å². The Morgan fingerprint density at radius 1 is 1.27 bits per heavy atom. The molecule has 163 valence electrons. The van der Waals surface area contributed by atoms with Crippen LogP contribution in [0.2, 0.25) is 0 Å². The summed E-state index contributed by atoms with van der Waals surface area (Å²) in [4.78, 5) is 28.8. The van der Waals surface area contributed by atoms with Crippen LogP contribution in [0.3, 0.4) is 0 Å². The van der Waals surface area contributed by atoms with Crippen molar-refractivity contribution in [2.24, 2.45) is 5.92 Å². The van der Waals surface area contributed by atoms with E-state index in [-0.39, 0.29) is 36.1 Å². The summed E-state index contributed by atoms with van der Waals surface area (Å²) in [6, 6.07) is 7.12. The molecule has 0 aliphatic heterocycles. The number of aromatic nitrogens is 1. The van der Waals surface area contributed by atoms with Crippen molar-refractivity contribution in [2.75, 3.05) is 4.72 Å². The van der Waals surface area contributed by atoms with Crippen LogP contribution in [0.15, 0.2) is 23.6 Å². The molecule has 0 saturated carbocycles. The maximum Gasteiger partial charge on any atom is 0.357 e. The van der Waals surface area contributed by atoms with Gasteiger partial charge in [-0.05, 0) is 36.6 Å². The van der Waals surface area contributed by atoms with Gasteiger partial charge in [0.05, 0.1) is 17.4 Å². The smallest absolute Gasteiger partial charge is 0.347 e. The molecule has 1 unspecified atom stereocenters. The van der Waals surface area contributed by atoms with Crippen LogP contribution < -0.4 is 10.0 Å². The maximum absolute atomic E-state index is 12.4. The third kappa shape index (κ3) is 7.85. The molecule has 0 aliphatic carbocycles. The van der Waals surface area contributed by atoms with Gasteiger partial charge in [-0.3, -0.25) is 18.9 Å². The number of Topliss-reactive ketones (excluding diaryl/α,β-unsaturated/α-hetero) is 1. The second kappa shape index (κ2) is 10.6. The standard InChI is InChI=1S/C20H26N3O5S2/c1-4-15-12-29-20(21-15)17(22-19(25)10-9-18(24)13(2)3)11-14-5-7-16(8-6-14)23-30(26,27)28/h5,7-8,12-13,17,23H,4,9-11H2,1-3H3,(H,22,25)(H,26,27,28). The van der Waals surface area contributed by atoms with E-state index < -0.39 is 16.3 Å². The zero-order chi connectivity index (χ0) is 22.3. The Hall–Kier alpha value is -2.30. The van der Waals surface area contributed by atoms with Crippen LogP contribution in [-0.4, -0.2) is 29.6 Å². The van der Waals surface area contributed by atoms with Gasteiger partial charge < -0.3 is 5.32 Å². The lowest BCUT2D eigenvalue weighted by Gasteiger charge is -2.17. The molecule has 10 heteroatoms. The largest absolute Gasteiger partial charge is 0.357 e. The van der Waals surface area contributed by atoms with Gasteiger partial charge in [-0.25, -0.2) is 4.98 Å². The van der Waals surface area contributed by atoms with E-state index in [1.165, 1.54) is 23.5 Å². The molecule has 1 heterocycles. The van der Waals surface area contributed by atoms with Crippen molar-refractivity contribution in [3.63, 3.8) is 0 Å². The first-order chi connectivity index (χ1) is 14.1. The fraction of sp³-hybridized carbons (Fsp3) is 0.450. The third-order valence-corrected chi connectivity index (χ3v) is 5.86. The van der Waals surface area contributed by atoms with E-state index in [9.17, 15) is 18.0 Å². The Morgan fingerprint density at radius 3 is 2.53 bits per heavy atom. The Morgan fingerprint density at radius 2 is 2.00 bits per heavy atom. The lowest BCUT2D eigenvalue weighted by molar-refractivity contribution is -0.127. The fourth-order valence-electron chi connectivity index (χ4n) is 2.65. The van der Waals surface area contributed by atoms with Crippen molar-refractivity contribution in [1.29, 1.82) is 0 Å². The van der Waals surface area contributed by atoms with Crippen LogP contribution in [-0.2, 0) is 32.7 Å². The number of ketones is 1. The summed E-state index contributed by atoms with van der Waals surface area (Å²) in [7, 11) is -4.35. The quantitative estimate of drug-likeness (QED) is 0.450. The summed E-state index contributed by atoms with van der Waals surface area (Å²) in [6.45, 7) is 5.61. The van der Waals surface area contributed by atoms with Crippen LogP contribution in [0, 0.1) is 12.0 Å². The molecule has 8 nitrogen and oxygen atoms in total. The first-order valence-electron chi connectivity index (χ1n) is 9.59. The van der Waals surface area contributed by atoms with E-state index in [4.69, 9.17) is 4.55 Å². The van der Waals surface area contributed by atoms with Crippen molar-refractivity contribution in [3.05, 3.63) is 45.9 Å². The zero-order valence-corrected chi connectivity index (χ0v) is 18.8. The second-order valence-corrected chi connectivity index (χ2v) is 9.20. The summed E-state index contributed by atoms with van der Waals surface area (Å²) in [5.41, 5.74) is 1.84. The molecule has 30 heavy (non-hydrogen) atoms. The van der Waals surface area contributed by atoms with Crippen molar-refractivity contribution in [3.8, 4) is 0 Å². The highest BCUT2D eigenvalue weighted by Gasteiger charge is 2.20. The Balaban J connectivity index is 2.12. The van der Waals surface area contributed by atoms with Gasteiger partial charge in [0.25, 0.3) is 0 Å². The molecule has 1 aromatic heterocycles. The van der Waals surface area contributed by atoms with E-state index in [1.54, 1.807) is 19.9 Å². The van der Waals surface area contributed by atoms with Crippen LogP contribution in [0.25, 0.3) is 0 Å². The number of anilines is 1. The molecule has 2 rings (SSSR count). The zero-order valence-electron chi connectivity index (χ0n) is 17.1. The minimum Gasteiger partial charge on any atom is -0.347 e. The summed E-state index contributed by atoms with van der Waals surface area (Å²) in [6.07, 6.45) is 1.48. The average Bonchev–Trinajstić information content (AvgIpc) is 3.15. The topological polar surface area (TPSA) is 125 Å². The number of hydrogen-bond donors (Lipinski definition) is 3. The first-order valence-corrected chi connectivity index (χ1v) is 11.9. The van der Waals surface area contributed by atoms with Gasteiger partial charge in [0.2, 0.25) is 5.91 Å². The molecule has 1 aromatic carbocycles. The van der Waals surface area contributed by atoms with Crippen molar-refractivity contribution >= 4 is 39.0 Å². The Kier molecular flexibility index (Phi) is 8.51. The third-order valence-electron chi connectivity index (χ3n) is 4.36. The number of carbonyl (C=O) groups is 2. The number of rotatable bonds is 11. The summed E-state index contributed by atoms with van der Waals surface area (Å²) >= 11 is 1.45. The number of thiazole rings is 1. The van der Waals surface area contributed by atoms with Gasteiger partial charge in [0, 0.05) is 24.1 Å². The minimum atomic E-state index is -4.35. The number of nitrogens with zero attached hydrogens (tertiary/aromatic N) is 1. The average molecular weight is 453 g/mol. The van der Waals surface area contributed by atoms with Crippen LogP contribution >= 0.6 is 11.3 Å². The van der Waals surface area contributed by atoms with Crippen molar-refractivity contribution in [2.45, 2.75) is 52.5 Å². The van der Waals surface area contributed by atoms with Gasteiger partial charge in [0.15, 0.2) is 0 Å². The highest BCUT2D eigenvalue weighted by Crippen LogP contribution is 2.24. The molecule has 0 bridgehead atoms. The maximum atomic E-state index is 12.4. The van der Waals surface area contributed by atoms with E-state index in [0.717, 1.165) is 22.7 Å². The molecular formula is C20H26N3O5S2. The van der Waals surface area contributed by atoms with Crippen LogP contribution in [0.5, 0.6) is 0 Å². The number of aryl methyl sites for hydroxylation is 1. The van der Waals surface area contributed by atoms with Crippen molar-refractivity contribution in [1.82, 2.24) is 10.3 Å². The predicted octanol–water partition coefficient (Wildman–Crippen LogP) is 3.13. The molecule has 3 N–H and O–H groups in total. The predicted molar refractivity (Wildman–Crippen MR) is 116 cm³/mol. The molecule has 0 saturated heterocycles. The van der Waals surface area contributed by atoms with E-state index in [2.05, 4.69) is 16.4 Å². The van der Waals surface area contributed by atoms with Gasteiger partial charge in [-0.2, -0.15) is 8.42 Å². The van der Waals surface area contributed by atoms with E-state index >= 15 is 0 Å². The molecular weight excluding hydrogens is 426 g/mol. The van der Waals surface area contributed by atoms with Gasteiger partial charge in [0.1, 0.15) is 10.8 Å². The number of carbonyl (C=O) groups excluding carboxylic acids is 2. The monoisotopic (exact) mass is 452 g/mol. The molecule has 1 amide bonds. The lowest BCUT2D eigenvalue weighted by Crippen LogP contribution is -2.30. The second-order valence-electron chi connectivity index (χ2n) is 7.16. The minimum absolute atomic E-state index is 0.0412. The fourth-order valence-corrected chi connectivity index (χ4v) is 4.03. The molecule has 1 atom stereocenters. The summed E-state index contributed by atoms with van der Waals surface area (Å²) in [5.74, 6) is -0.296. The molecule has 0 spiro atoms. The summed E-state index contributed by atoms with van der Waals surface area (Å²) < 4.78 is 32.6. The van der Waals surface area contributed by atoms with Crippen molar-refractivity contribution < 1.29 is 22.6 Å². The lowest BCUT2D eigenvalue weighted by atomic mass is 10.0. The summed E-state index contributed by atoms with van der Waals surface area (Å²) in [5, 5.41) is 5.65. The van der Waals surface area contributed by atoms with E-state index in [0.29, 0.717) is 6.42 Å². The number of hydrogen-bond acceptors (Lipinski definition) is 6. The van der Waals surface area contributed by atoms with E-state index in [1.807, 2.05) is 17.0 Å². The number of benzene rings is 1.